The van der Waals surface area contributed by atoms with Gasteiger partial charge in [0, 0.05) is 20.6 Å². The van der Waals surface area contributed by atoms with E-state index in [0.717, 1.165) is 32.2 Å². The summed E-state index contributed by atoms with van der Waals surface area (Å²) in [6.07, 6.45) is 3.57. The predicted octanol–water partition coefficient (Wildman–Crippen LogP) is -0.198. The number of sulfonamides is 1. The van der Waals surface area contributed by atoms with Gasteiger partial charge in [-0.2, -0.15) is 0 Å². The highest BCUT2D eigenvalue weighted by Crippen LogP contribution is 2.31. The van der Waals surface area contributed by atoms with Crippen molar-refractivity contribution < 1.29 is 8.42 Å². The Bertz CT molecular complexity index is 403. The first-order valence-electron chi connectivity index (χ1n) is 6.45. The molecule has 5 N–H and O–H groups in total. The second-order valence-corrected chi connectivity index (χ2v) is 8.06. The second-order valence-electron chi connectivity index (χ2n) is 5.32. The Balaban J connectivity index is 2.48. The van der Waals surface area contributed by atoms with Gasteiger partial charge in [-0.1, -0.05) is 0 Å². The molecule has 0 radical (unpaired) electrons. The Hall–Kier alpha value is -0.440. The van der Waals surface area contributed by atoms with Crippen molar-refractivity contribution in [3.05, 3.63) is 0 Å². The molecule has 0 aromatic carbocycles. The molecule has 1 aliphatic rings. The quantitative estimate of drug-likeness (QED) is 0.608. The second kappa shape index (κ2) is 6.83. The van der Waals surface area contributed by atoms with Crippen LogP contribution in [0.2, 0.25) is 0 Å². The van der Waals surface area contributed by atoms with Crippen molar-refractivity contribution in [3.8, 4) is 0 Å². The van der Waals surface area contributed by atoms with Crippen LogP contribution in [0.15, 0.2) is 0 Å². The molecule has 6 nitrogen and oxygen atoms in total. The lowest BCUT2D eigenvalue weighted by molar-refractivity contribution is 0.264. The van der Waals surface area contributed by atoms with E-state index in [2.05, 4.69) is 5.32 Å². The molecular weight excluding hydrogens is 284 g/mol. The molecule has 1 fully saturated rings. The van der Waals surface area contributed by atoms with Crippen LogP contribution in [0.25, 0.3) is 0 Å². The summed E-state index contributed by atoms with van der Waals surface area (Å²) in [5.74, 6) is 0.528. The highest BCUT2D eigenvalue weighted by Gasteiger charge is 2.34. The van der Waals surface area contributed by atoms with Gasteiger partial charge in [-0.05, 0) is 49.7 Å². The Kier molecular flexibility index (Phi) is 5.97. The van der Waals surface area contributed by atoms with Gasteiger partial charge >= 0.3 is 0 Å². The van der Waals surface area contributed by atoms with Gasteiger partial charge in [0.2, 0.25) is 10.0 Å². The van der Waals surface area contributed by atoms with Crippen molar-refractivity contribution in [1.29, 1.82) is 0 Å². The number of rotatable bonds is 5. The van der Waals surface area contributed by atoms with Gasteiger partial charge < -0.3 is 16.8 Å². The number of nitrogens with zero attached hydrogens (tertiary/aromatic N) is 1. The summed E-state index contributed by atoms with van der Waals surface area (Å²) >= 11 is 4.77. The molecule has 0 aromatic rings. The van der Waals surface area contributed by atoms with Crippen molar-refractivity contribution in [2.24, 2.45) is 23.3 Å². The van der Waals surface area contributed by atoms with E-state index in [1.54, 1.807) is 0 Å². The molecule has 0 saturated heterocycles. The Labute approximate surface area is 120 Å². The molecule has 1 unspecified atom stereocenters. The predicted molar refractivity (Wildman–Crippen MR) is 80.8 cm³/mol. The van der Waals surface area contributed by atoms with Gasteiger partial charge in [-0.3, -0.25) is 0 Å². The lowest BCUT2D eigenvalue weighted by Crippen LogP contribution is -2.46. The third-order valence-corrected chi connectivity index (χ3v) is 6.01. The van der Waals surface area contributed by atoms with Crippen molar-refractivity contribution in [2.75, 3.05) is 20.6 Å². The molecule has 0 amide bonds. The summed E-state index contributed by atoms with van der Waals surface area (Å²) in [6, 6.07) is 0. The maximum Gasteiger partial charge on any atom is 0.229 e. The molecule has 1 aliphatic carbocycles. The molecule has 0 heterocycles. The van der Waals surface area contributed by atoms with Gasteiger partial charge in [-0.15, -0.1) is 0 Å². The molecule has 0 aromatic heterocycles. The van der Waals surface area contributed by atoms with E-state index in [4.69, 9.17) is 23.7 Å². The van der Waals surface area contributed by atoms with Gasteiger partial charge in [0.1, 0.15) is 5.37 Å². The van der Waals surface area contributed by atoms with Gasteiger partial charge in [0.15, 0.2) is 5.11 Å². The Morgan fingerprint density at radius 2 is 1.89 bits per heavy atom. The smallest absolute Gasteiger partial charge is 0.229 e. The molecule has 1 saturated carbocycles. The summed E-state index contributed by atoms with van der Waals surface area (Å²) in [7, 11) is -0.323. The molecule has 0 bridgehead atoms. The highest BCUT2D eigenvalue weighted by atomic mass is 32.2. The van der Waals surface area contributed by atoms with E-state index in [0.29, 0.717) is 11.0 Å². The van der Waals surface area contributed by atoms with Crippen LogP contribution in [0.3, 0.4) is 0 Å². The first-order chi connectivity index (χ1) is 8.75. The first-order valence-corrected chi connectivity index (χ1v) is 8.36. The van der Waals surface area contributed by atoms with E-state index in [-0.39, 0.29) is 5.92 Å². The third kappa shape index (κ3) is 4.55. The van der Waals surface area contributed by atoms with Crippen LogP contribution in [0.1, 0.15) is 25.7 Å². The Morgan fingerprint density at radius 1 is 1.37 bits per heavy atom. The number of thiocarbonyl (C=S) groups is 1. The maximum absolute atomic E-state index is 12.0. The van der Waals surface area contributed by atoms with Crippen LogP contribution >= 0.6 is 12.2 Å². The molecule has 0 spiro atoms. The fourth-order valence-electron chi connectivity index (χ4n) is 2.45. The van der Waals surface area contributed by atoms with Crippen molar-refractivity contribution >= 4 is 27.4 Å². The normalized spacial score (nSPS) is 26.1. The maximum atomic E-state index is 12.0. The number of nitrogens with two attached hydrogens (primary N) is 2. The Morgan fingerprint density at radius 3 is 2.32 bits per heavy atom. The summed E-state index contributed by atoms with van der Waals surface area (Å²) in [5.41, 5.74) is 11.3. The van der Waals surface area contributed by atoms with Crippen molar-refractivity contribution in [3.63, 3.8) is 0 Å². The summed E-state index contributed by atoms with van der Waals surface area (Å²) in [4.78, 5) is 0. The average Bonchev–Trinajstić information content (AvgIpc) is 2.35. The van der Waals surface area contributed by atoms with Gasteiger partial charge in [0.05, 0.1) is 0 Å². The number of hydrogen-bond acceptors (Lipinski definition) is 4. The van der Waals surface area contributed by atoms with E-state index in [9.17, 15) is 8.42 Å². The summed E-state index contributed by atoms with van der Waals surface area (Å²) < 4.78 is 25.2. The monoisotopic (exact) mass is 308 g/mol. The standard InChI is InChI=1S/C11H24N4O2S2/c1-15(2)19(16,17)10(12)9-5-3-8(4-6-9)7-14-11(13)18/h8-10H,3-7,12H2,1-2H3,(H3,13,14,18). The minimum Gasteiger partial charge on any atom is -0.376 e. The topological polar surface area (TPSA) is 101 Å². The minimum absolute atomic E-state index is 0.0356. The van der Waals surface area contributed by atoms with Crippen molar-refractivity contribution in [2.45, 2.75) is 31.1 Å². The molecule has 19 heavy (non-hydrogen) atoms. The van der Waals surface area contributed by atoms with Gasteiger partial charge in [-0.25, -0.2) is 12.7 Å². The van der Waals surface area contributed by atoms with Crippen LogP contribution in [0, 0.1) is 11.8 Å². The largest absolute Gasteiger partial charge is 0.376 e. The molecular formula is C11H24N4O2S2. The van der Waals surface area contributed by atoms with E-state index < -0.39 is 15.4 Å². The third-order valence-electron chi connectivity index (χ3n) is 3.77. The zero-order valence-electron chi connectivity index (χ0n) is 11.5. The van der Waals surface area contributed by atoms with Gasteiger partial charge in [0.25, 0.3) is 0 Å². The molecule has 8 heteroatoms. The van der Waals surface area contributed by atoms with E-state index in [1.165, 1.54) is 18.4 Å². The summed E-state index contributed by atoms with van der Waals surface area (Å²) in [6.45, 7) is 0.762. The molecule has 1 rings (SSSR count). The zero-order chi connectivity index (χ0) is 14.6. The minimum atomic E-state index is -3.37. The summed E-state index contributed by atoms with van der Waals surface area (Å²) in [5, 5.41) is 2.47. The lowest BCUT2D eigenvalue weighted by atomic mass is 9.82. The zero-order valence-corrected chi connectivity index (χ0v) is 13.1. The first kappa shape index (κ1) is 16.6. The molecule has 1 atom stereocenters. The number of hydrogen-bond donors (Lipinski definition) is 3. The average molecular weight is 308 g/mol. The van der Waals surface area contributed by atoms with E-state index in [1.807, 2.05) is 0 Å². The fourth-order valence-corrected chi connectivity index (χ4v) is 3.78. The highest BCUT2D eigenvalue weighted by molar-refractivity contribution is 7.89. The van der Waals surface area contributed by atoms with Crippen LogP contribution < -0.4 is 16.8 Å². The van der Waals surface area contributed by atoms with Crippen LogP contribution in [-0.2, 0) is 10.0 Å². The fraction of sp³-hybridized carbons (Fsp3) is 0.909. The van der Waals surface area contributed by atoms with Crippen LogP contribution in [-0.4, -0.2) is 43.8 Å². The molecule has 0 aliphatic heterocycles. The van der Waals surface area contributed by atoms with E-state index >= 15 is 0 Å². The number of nitrogens with one attached hydrogen (secondary N) is 1. The van der Waals surface area contributed by atoms with Crippen LogP contribution in [0.4, 0.5) is 0 Å². The lowest BCUT2D eigenvalue weighted by Gasteiger charge is -2.32. The molecule has 112 valence electrons. The van der Waals surface area contributed by atoms with Crippen molar-refractivity contribution in [1.82, 2.24) is 9.62 Å². The SMILES string of the molecule is CN(C)S(=O)(=O)C(N)C1CCC(CNC(N)=S)CC1. The van der Waals surface area contributed by atoms with Crippen LogP contribution in [0.5, 0.6) is 0 Å².